The Hall–Kier alpha value is -3.27. The third kappa shape index (κ3) is 3.40. The van der Waals surface area contributed by atoms with E-state index >= 15 is 0 Å². The lowest BCUT2D eigenvalue weighted by Gasteiger charge is -2.40. The molecule has 0 radical (unpaired) electrons. The van der Waals surface area contributed by atoms with Gasteiger partial charge in [-0.05, 0) is 47.4 Å². The SMILES string of the molecule is CN1Cc2ccc(N3CCO[C@H]([C@@](O)(C(N)=O)c4ccc5c(c4)CCNC5)C3=O)cc2C1=O. The Morgan fingerprint density at radius 1 is 1.18 bits per heavy atom. The van der Waals surface area contributed by atoms with Gasteiger partial charge in [-0.1, -0.05) is 24.3 Å². The van der Waals surface area contributed by atoms with Crippen molar-refractivity contribution in [2.24, 2.45) is 5.73 Å². The van der Waals surface area contributed by atoms with E-state index in [4.69, 9.17) is 10.5 Å². The molecule has 0 bridgehead atoms. The maximum atomic E-state index is 13.5. The first kappa shape index (κ1) is 21.6. The Labute approximate surface area is 191 Å². The number of primary amides is 1. The Morgan fingerprint density at radius 3 is 2.76 bits per heavy atom. The topological polar surface area (TPSA) is 125 Å². The van der Waals surface area contributed by atoms with Gasteiger partial charge in [0.1, 0.15) is 0 Å². The highest BCUT2D eigenvalue weighted by molar-refractivity contribution is 6.04. The predicted octanol–water partition coefficient (Wildman–Crippen LogP) is 0.0228. The van der Waals surface area contributed by atoms with Crippen LogP contribution in [0.4, 0.5) is 5.69 Å². The molecule has 0 aromatic heterocycles. The third-order valence-corrected chi connectivity index (χ3v) is 6.77. The number of benzene rings is 2. The molecule has 1 saturated heterocycles. The largest absolute Gasteiger partial charge is 0.373 e. The van der Waals surface area contributed by atoms with E-state index in [1.807, 2.05) is 12.1 Å². The van der Waals surface area contributed by atoms with Gasteiger partial charge in [0, 0.05) is 37.9 Å². The van der Waals surface area contributed by atoms with Crippen LogP contribution in [-0.4, -0.2) is 60.6 Å². The number of anilines is 1. The molecule has 33 heavy (non-hydrogen) atoms. The molecule has 9 nitrogen and oxygen atoms in total. The first-order valence-electron chi connectivity index (χ1n) is 11.0. The summed E-state index contributed by atoms with van der Waals surface area (Å²) < 4.78 is 5.67. The molecule has 2 aromatic rings. The Kier molecular flexibility index (Phi) is 5.19. The molecule has 1 fully saturated rings. The number of fused-ring (bicyclic) bond motifs is 2. The molecule has 5 rings (SSSR count). The van der Waals surface area contributed by atoms with Gasteiger partial charge in [-0.2, -0.15) is 0 Å². The van der Waals surface area contributed by atoms with Crippen molar-refractivity contribution >= 4 is 23.4 Å². The number of morpholine rings is 1. The van der Waals surface area contributed by atoms with Gasteiger partial charge in [0.2, 0.25) is 5.60 Å². The Balaban J connectivity index is 1.50. The Bertz CT molecular complexity index is 1170. The number of carbonyl (C=O) groups is 3. The summed E-state index contributed by atoms with van der Waals surface area (Å²) in [7, 11) is 1.72. The molecule has 2 aromatic carbocycles. The lowest BCUT2D eigenvalue weighted by Crippen LogP contribution is -2.61. The summed E-state index contributed by atoms with van der Waals surface area (Å²) in [6, 6.07) is 10.5. The lowest BCUT2D eigenvalue weighted by molar-refractivity contribution is -0.171. The van der Waals surface area contributed by atoms with E-state index in [2.05, 4.69) is 5.32 Å². The van der Waals surface area contributed by atoms with Gasteiger partial charge in [0.05, 0.1) is 6.61 Å². The van der Waals surface area contributed by atoms with Crippen LogP contribution in [0, 0.1) is 0 Å². The van der Waals surface area contributed by atoms with Gasteiger partial charge >= 0.3 is 0 Å². The maximum Gasteiger partial charge on any atom is 0.260 e. The molecule has 0 spiro atoms. The fourth-order valence-electron chi connectivity index (χ4n) is 4.88. The smallest absolute Gasteiger partial charge is 0.260 e. The van der Waals surface area contributed by atoms with Crippen LogP contribution in [0.25, 0.3) is 0 Å². The van der Waals surface area contributed by atoms with Crippen molar-refractivity contribution < 1.29 is 24.2 Å². The number of amides is 3. The van der Waals surface area contributed by atoms with Crippen molar-refractivity contribution in [2.45, 2.75) is 31.2 Å². The molecule has 9 heteroatoms. The fraction of sp³-hybridized carbons (Fsp3) is 0.375. The molecular formula is C24H26N4O5. The standard InChI is InChI=1S/C24H26N4O5/c1-27-13-16-3-5-18(11-19(16)21(27)29)28-8-9-33-20(22(28)30)24(32,23(25)31)17-4-2-15-12-26-7-6-14(15)10-17/h2-5,10-11,20,26,32H,6-9,12-13H2,1H3,(H2,25,31)/t20-,24+/m0/s1. The van der Waals surface area contributed by atoms with E-state index < -0.39 is 23.5 Å². The number of carbonyl (C=O) groups excluding carboxylic acids is 3. The molecule has 0 aliphatic carbocycles. The average Bonchev–Trinajstić information content (AvgIpc) is 3.11. The number of aliphatic hydroxyl groups is 1. The molecular weight excluding hydrogens is 424 g/mol. The summed E-state index contributed by atoms with van der Waals surface area (Å²) in [4.78, 5) is 41.6. The van der Waals surface area contributed by atoms with Crippen molar-refractivity contribution in [3.63, 3.8) is 0 Å². The van der Waals surface area contributed by atoms with Crippen molar-refractivity contribution in [1.29, 1.82) is 0 Å². The number of hydrogen-bond donors (Lipinski definition) is 3. The van der Waals surface area contributed by atoms with Crippen LogP contribution in [0.1, 0.15) is 32.6 Å². The molecule has 3 heterocycles. The average molecular weight is 450 g/mol. The number of nitrogens with zero attached hydrogens (tertiary/aromatic N) is 2. The van der Waals surface area contributed by atoms with E-state index in [9.17, 15) is 19.5 Å². The van der Waals surface area contributed by atoms with Crippen LogP contribution in [0.5, 0.6) is 0 Å². The monoisotopic (exact) mass is 450 g/mol. The number of rotatable bonds is 4. The van der Waals surface area contributed by atoms with E-state index in [1.165, 1.54) is 4.90 Å². The number of nitrogens with one attached hydrogen (secondary N) is 1. The summed E-state index contributed by atoms with van der Waals surface area (Å²) in [5, 5.41) is 14.8. The lowest BCUT2D eigenvalue weighted by atomic mass is 9.83. The highest BCUT2D eigenvalue weighted by atomic mass is 16.5. The van der Waals surface area contributed by atoms with Crippen molar-refractivity contribution in [1.82, 2.24) is 10.2 Å². The normalized spacial score (nSPS) is 22.1. The summed E-state index contributed by atoms with van der Waals surface area (Å²) >= 11 is 0. The van der Waals surface area contributed by atoms with E-state index in [1.54, 1.807) is 36.2 Å². The first-order valence-corrected chi connectivity index (χ1v) is 11.0. The quantitative estimate of drug-likeness (QED) is 0.603. The highest BCUT2D eigenvalue weighted by Crippen LogP contribution is 2.34. The molecule has 4 N–H and O–H groups in total. The second-order valence-corrected chi connectivity index (χ2v) is 8.78. The number of hydrogen-bond acceptors (Lipinski definition) is 6. The van der Waals surface area contributed by atoms with Crippen LogP contribution >= 0.6 is 0 Å². The number of nitrogens with two attached hydrogens (primary N) is 1. The fourth-order valence-corrected chi connectivity index (χ4v) is 4.88. The van der Waals surface area contributed by atoms with Crippen LogP contribution in [0.15, 0.2) is 36.4 Å². The van der Waals surface area contributed by atoms with E-state index in [-0.39, 0.29) is 24.6 Å². The van der Waals surface area contributed by atoms with Gasteiger partial charge in [-0.3, -0.25) is 14.4 Å². The molecule has 172 valence electrons. The maximum absolute atomic E-state index is 13.5. The van der Waals surface area contributed by atoms with Crippen LogP contribution in [0.3, 0.4) is 0 Å². The van der Waals surface area contributed by atoms with Crippen LogP contribution < -0.4 is 16.0 Å². The molecule has 0 saturated carbocycles. The second-order valence-electron chi connectivity index (χ2n) is 8.78. The first-order chi connectivity index (χ1) is 15.8. The Morgan fingerprint density at radius 2 is 1.97 bits per heavy atom. The van der Waals surface area contributed by atoms with Crippen molar-refractivity contribution in [3.8, 4) is 0 Å². The zero-order chi connectivity index (χ0) is 23.3. The summed E-state index contributed by atoms with van der Waals surface area (Å²) in [6.45, 7) is 2.33. The van der Waals surface area contributed by atoms with Gasteiger partial charge in [-0.15, -0.1) is 0 Å². The summed E-state index contributed by atoms with van der Waals surface area (Å²) in [5.74, 6) is -1.75. The van der Waals surface area contributed by atoms with Gasteiger partial charge in [0.15, 0.2) is 6.10 Å². The van der Waals surface area contributed by atoms with Gasteiger partial charge in [0.25, 0.3) is 17.7 Å². The predicted molar refractivity (Wildman–Crippen MR) is 119 cm³/mol. The molecule has 0 unspecified atom stereocenters. The minimum atomic E-state index is -2.33. The molecule has 3 aliphatic heterocycles. The minimum absolute atomic E-state index is 0.103. The van der Waals surface area contributed by atoms with Crippen LogP contribution in [-0.2, 0) is 39.4 Å². The van der Waals surface area contributed by atoms with E-state index in [0.29, 0.717) is 24.3 Å². The highest BCUT2D eigenvalue weighted by Gasteiger charge is 2.52. The summed E-state index contributed by atoms with van der Waals surface area (Å²) in [6.07, 6.45) is -0.767. The van der Waals surface area contributed by atoms with E-state index in [0.717, 1.165) is 29.7 Å². The number of ether oxygens (including phenoxy) is 1. The van der Waals surface area contributed by atoms with Gasteiger partial charge < -0.3 is 30.7 Å². The second kappa shape index (κ2) is 7.95. The van der Waals surface area contributed by atoms with Crippen molar-refractivity contribution in [3.05, 3.63) is 64.2 Å². The molecule has 2 atom stereocenters. The molecule has 3 aliphatic rings. The minimum Gasteiger partial charge on any atom is -0.373 e. The van der Waals surface area contributed by atoms with Gasteiger partial charge in [-0.25, -0.2) is 0 Å². The molecule has 3 amide bonds. The van der Waals surface area contributed by atoms with Crippen molar-refractivity contribution in [2.75, 3.05) is 31.6 Å². The zero-order valence-corrected chi connectivity index (χ0v) is 18.3. The third-order valence-electron chi connectivity index (χ3n) is 6.77. The zero-order valence-electron chi connectivity index (χ0n) is 18.3. The summed E-state index contributed by atoms with van der Waals surface area (Å²) in [5.41, 5.74) is 7.58. The van der Waals surface area contributed by atoms with Crippen LogP contribution in [0.2, 0.25) is 0 Å².